The smallest absolute Gasteiger partial charge is 0.257 e. The molecule has 0 spiro atoms. The Morgan fingerprint density at radius 2 is 1.96 bits per heavy atom. The Bertz CT molecular complexity index is 773. The molecule has 2 aromatic rings. The van der Waals surface area contributed by atoms with Crippen LogP contribution < -0.4 is 5.32 Å². The summed E-state index contributed by atoms with van der Waals surface area (Å²) in [6.07, 6.45) is 6.21. The van der Waals surface area contributed by atoms with Crippen molar-refractivity contribution in [1.29, 1.82) is 0 Å². The lowest BCUT2D eigenvalue weighted by molar-refractivity contribution is 0.0397. The van der Waals surface area contributed by atoms with Gasteiger partial charge in [-0.25, -0.2) is 9.50 Å². The number of carbonyl (C=O) groups excluding carboxylic acids is 1. The van der Waals surface area contributed by atoms with E-state index in [-0.39, 0.29) is 11.4 Å². The van der Waals surface area contributed by atoms with Crippen molar-refractivity contribution in [3.63, 3.8) is 0 Å². The van der Waals surface area contributed by atoms with Crippen molar-refractivity contribution in [2.45, 2.75) is 65.0 Å². The third-order valence-corrected chi connectivity index (χ3v) is 5.49. The molecule has 2 heterocycles. The predicted molar refractivity (Wildman–Crippen MR) is 96.8 cm³/mol. The summed E-state index contributed by atoms with van der Waals surface area (Å²) in [4.78, 5) is 17.4. The average Bonchev–Trinajstić information content (AvgIpc) is 2.98. The number of amides is 1. The van der Waals surface area contributed by atoms with Crippen molar-refractivity contribution in [3.05, 3.63) is 29.2 Å². The summed E-state index contributed by atoms with van der Waals surface area (Å²) >= 11 is 0. The number of nitrogens with zero attached hydrogens (tertiary/aromatic N) is 3. The van der Waals surface area contributed by atoms with Crippen LogP contribution in [0.1, 0.15) is 61.3 Å². The monoisotopic (exact) mass is 344 g/mol. The van der Waals surface area contributed by atoms with Crippen LogP contribution in [0.25, 0.3) is 5.65 Å². The van der Waals surface area contributed by atoms with Gasteiger partial charge in [-0.1, -0.05) is 0 Å². The number of carbonyl (C=O) groups is 1. The minimum atomic E-state index is -0.275. The van der Waals surface area contributed by atoms with Crippen LogP contribution in [0.2, 0.25) is 0 Å². The van der Waals surface area contributed by atoms with Crippen LogP contribution in [-0.2, 0) is 4.74 Å². The van der Waals surface area contributed by atoms with Gasteiger partial charge in [0, 0.05) is 24.0 Å². The van der Waals surface area contributed by atoms with Gasteiger partial charge in [0.2, 0.25) is 0 Å². The molecule has 6 heteroatoms. The lowest BCUT2D eigenvalue weighted by Gasteiger charge is -2.39. The normalized spacial score (nSPS) is 21.5. The van der Waals surface area contributed by atoms with Gasteiger partial charge < -0.3 is 10.1 Å². The van der Waals surface area contributed by atoms with Crippen LogP contribution in [0.5, 0.6) is 0 Å². The van der Waals surface area contributed by atoms with Gasteiger partial charge in [0.15, 0.2) is 5.65 Å². The molecule has 0 atom stereocenters. The van der Waals surface area contributed by atoms with Crippen molar-refractivity contribution >= 4 is 11.6 Å². The van der Waals surface area contributed by atoms with Gasteiger partial charge in [-0.2, -0.15) is 5.10 Å². The topological polar surface area (TPSA) is 68.5 Å². The molecule has 1 fully saturated rings. The number of hydrogen-bond acceptors (Lipinski definition) is 4. The first kappa shape index (κ1) is 17.9. The maximum absolute atomic E-state index is 12.9. The zero-order chi connectivity index (χ0) is 18.2. The highest BCUT2D eigenvalue weighted by molar-refractivity contribution is 6.00. The molecular weight excluding hydrogens is 316 g/mol. The molecule has 3 rings (SSSR count). The lowest BCUT2D eigenvalue weighted by Crippen LogP contribution is -2.50. The van der Waals surface area contributed by atoms with E-state index in [1.54, 1.807) is 17.8 Å². The summed E-state index contributed by atoms with van der Waals surface area (Å²) in [5.41, 5.74) is 2.73. The molecule has 0 unspecified atom stereocenters. The first-order valence-corrected chi connectivity index (χ1v) is 8.99. The molecule has 0 aliphatic heterocycles. The molecule has 6 nitrogen and oxygen atoms in total. The Hall–Kier alpha value is -1.95. The highest BCUT2D eigenvalue weighted by Crippen LogP contribution is 2.33. The Morgan fingerprint density at radius 3 is 2.60 bits per heavy atom. The van der Waals surface area contributed by atoms with Crippen molar-refractivity contribution in [3.8, 4) is 0 Å². The van der Waals surface area contributed by atoms with Crippen LogP contribution >= 0.6 is 0 Å². The van der Waals surface area contributed by atoms with E-state index in [4.69, 9.17) is 4.74 Å². The van der Waals surface area contributed by atoms with E-state index in [0.29, 0.717) is 23.2 Å². The Labute approximate surface area is 149 Å². The lowest BCUT2D eigenvalue weighted by atomic mass is 9.75. The second kappa shape index (κ2) is 6.75. The van der Waals surface area contributed by atoms with E-state index < -0.39 is 0 Å². The quantitative estimate of drug-likeness (QED) is 0.925. The molecule has 0 aromatic carbocycles. The van der Waals surface area contributed by atoms with Crippen molar-refractivity contribution in [2.75, 3.05) is 7.11 Å². The zero-order valence-electron chi connectivity index (χ0n) is 15.8. The van der Waals surface area contributed by atoms with E-state index in [1.807, 2.05) is 19.9 Å². The average molecular weight is 344 g/mol. The van der Waals surface area contributed by atoms with E-state index >= 15 is 0 Å². The zero-order valence-corrected chi connectivity index (χ0v) is 15.8. The Kier molecular flexibility index (Phi) is 4.82. The number of aryl methyl sites for hydroxylation is 2. The van der Waals surface area contributed by atoms with Crippen LogP contribution in [0.4, 0.5) is 0 Å². The van der Waals surface area contributed by atoms with Crippen LogP contribution in [0.15, 0.2) is 12.3 Å². The SMILES string of the molecule is CO[C@H]1CC[C@@H](C(C)(C)NC(=O)c2cnn3c(C)cc(C)nc23)CC1. The number of aromatic nitrogens is 3. The van der Waals surface area contributed by atoms with Gasteiger partial charge >= 0.3 is 0 Å². The van der Waals surface area contributed by atoms with Crippen molar-refractivity contribution < 1.29 is 9.53 Å². The van der Waals surface area contributed by atoms with Gasteiger partial charge in [-0.05, 0) is 65.4 Å². The summed E-state index contributed by atoms with van der Waals surface area (Å²) in [7, 11) is 1.78. The van der Waals surface area contributed by atoms with Gasteiger partial charge in [0.1, 0.15) is 5.56 Å². The minimum absolute atomic E-state index is 0.105. The molecule has 0 radical (unpaired) electrons. The van der Waals surface area contributed by atoms with E-state index in [2.05, 4.69) is 29.2 Å². The Balaban J connectivity index is 1.78. The third kappa shape index (κ3) is 3.54. The second-order valence-electron chi connectivity index (χ2n) is 7.72. The highest BCUT2D eigenvalue weighted by atomic mass is 16.5. The highest BCUT2D eigenvalue weighted by Gasteiger charge is 2.35. The molecule has 1 aliphatic rings. The molecule has 136 valence electrons. The molecule has 1 aliphatic carbocycles. The molecule has 25 heavy (non-hydrogen) atoms. The number of hydrogen-bond donors (Lipinski definition) is 1. The largest absolute Gasteiger partial charge is 0.381 e. The standard InChI is InChI=1S/C19H28N4O2/c1-12-10-13(2)23-17(21-12)16(11-20-23)18(24)22-19(3,4)14-6-8-15(25-5)9-7-14/h10-11,14-15H,6-9H2,1-5H3,(H,22,24)/t14-,15+. The van der Waals surface area contributed by atoms with Crippen molar-refractivity contribution in [2.24, 2.45) is 5.92 Å². The Morgan fingerprint density at radius 1 is 1.28 bits per heavy atom. The summed E-state index contributed by atoms with van der Waals surface area (Å²) in [6, 6.07) is 1.96. The molecule has 0 bridgehead atoms. The number of fused-ring (bicyclic) bond motifs is 1. The molecular formula is C19H28N4O2. The molecule has 1 saturated carbocycles. The van der Waals surface area contributed by atoms with E-state index in [9.17, 15) is 4.79 Å². The maximum Gasteiger partial charge on any atom is 0.257 e. The molecule has 2 aromatic heterocycles. The van der Waals surface area contributed by atoms with Gasteiger partial charge in [0.05, 0.1) is 12.3 Å². The van der Waals surface area contributed by atoms with Gasteiger partial charge in [-0.3, -0.25) is 4.79 Å². The molecule has 1 amide bonds. The maximum atomic E-state index is 12.9. The molecule has 0 saturated heterocycles. The van der Waals surface area contributed by atoms with E-state index in [0.717, 1.165) is 37.1 Å². The summed E-state index contributed by atoms with van der Waals surface area (Å²) in [6.45, 7) is 8.12. The number of rotatable bonds is 4. The van der Waals surface area contributed by atoms with Gasteiger partial charge in [-0.15, -0.1) is 0 Å². The van der Waals surface area contributed by atoms with Gasteiger partial charge in [0.25, 0.3) is 5.91 Å². The fraction of sp³-hybridized carbons (Fsp3) is 0.632. The van der Waals surface area contributed by atoms with Crippen LogP contribution in [-0.4, -0.2) is 39.3 Å². The summed E-state index contributed by atoms with van der Waals surface area (Å²) in [5.74, 6) is 0.340. The predicted octanol–water partition coefficient (Wildman–Crippen LogP) is 3.06. The van der Waals surface area contributed by atoms with Crippen LogP contribution in [0, 0.1) is 19.8 Å². The summed E-state index contributed by atoms with van der Waals surface area (Å²) in [5, 5.41) is 7.54. The fourth-order valence-electron chi connectivity index (χ4n) is 3.91. The third-order valence-electron chi connectivity index (χ3n) is 5.49. The second-order valence-corrected chi connectivity index (χ2v) is 7.72. The minimum Gasteiger partial charge on any atom is -0.381 e. The number of methoxy groups -OCH3 is 1. The summed E-state index contributed by atoms with van der Waals surface area (Å²) < 4.78 is 7.18. The van der Waals surface area contributed by atoms with E-state index in [1.165, 1.54) is 0 Å². The van der Waals surface area contributed by atoms with Crippen molar-refractivity contribution in [1.82, 2.24) is 19.9 Å². The number of ether oxygens (including phenoxy) is 1. The molecule has 1 N–H and O–H groups in total. The van der Waals surface area contributed by atoms with Crippen LogP contribution in [0.3, 0.4) is 0 Å². The number of nitrogens with one attached hydrogen (secondary N) is 1. The first-order valence-electron chi connectivity index (χ1n) is 8.99. The first-order chi connectivity index (χ1) is 11.8. The fourth-order valence-corrected chi connectivity index (χ4v) is 3.91.